The lowest BCUT2D eigenvalue weighted by Gasteiger charge is -2.09. The molecule has 0 aliphatic carbocycles. The summed E-state index contributed by atoms with van der Waals surface area (Å²) in [6, 6.07) is 21.2. The van der Waals surface area contributed by atoms with Gasteiger partial charge in [-0.1, -0.05) is 42.5 Å². The fourth-order valence-corrected chi connectivity index (χ4v) is 3.19. The van der Waals surface area contributed by atoms with Crippen LogP contribution in [-0.2, 0) is 6.54 Å². The SMILES string of the molecule is N#Cc1ccccc1-c1ccc(Cn2cnc3ccc([N+](=O)[O-])cc3c2=O)cc1. The maximum Gasteiger partial charge on any atom is 0.270 e. The zero-order valence-electron chi connectivity index (χ0n) is 15.1. The van der Waals surface area contributed by atoms with Crippen LogP contribution in [0.3, 0.4) is 0 Å². The lowest BCUT2D eigenvalue weighted by atomic mass is 9.99. The second-order valence-corrected chi connectivity index (χ2v) is 6.49. The molecule has 140 valence electrons. The van der Waals surface area contributed by atoms with Crippen LogP contribution >= 0.6 is 0 Å². The van der Waals surface area contributed by atoms with E-state index >= 15 is 0 Å². The molecule has 0 amide bonds. The second-order valence-electron chi connectivity index (χ2n) is 6.49. The molecule has 0 saturated heterocycles. The molecule has 3 aromatic carbocycles. The number of nitriles is 1. The first-order chi connectivity index (χ1) is 14.1. The van der Waals surface area contributed by atoms with Crippen LogP contribution in [0.4, 0.5) is 5.69 Å². The van der Waals surface area contributed by atoms with Crippen molar-refractivity contribution in [1.29, 1.82) is 5.26 Å². The molecule has 7 nitrogen and oxygen atoms in total. The van der Waals surface area contributed by atoms with E-state index in [0.717, 1.165) is 16.7 Å². The molecule has 1 heterocycles. The van der Waals surface area contributed by atoms with Crippen LogP contribution in [0.5, 0.6) is 0 Å². The van der Waals surface area contributed by atoms with E-state index in [9.17, 15) is 20.2 Å². The number of nitro benzene ring substituents is 1. The van der Waals surface area contributed by atoms with Gasteiger partial charge in [0.05, 0.1) is 40.3 Å². The number of nitrogens with zero attached hydrogens (tertiary/aromatic N) is 4. The maximum atomic E-state index is 12.7. The smallest absolute Gasteiger partial charge is 0.270 e. The number of nitro groups is 1. The van der Waals surface area contributed by atoms with Gasteiger partial charge in [-0.05, 0) is 28.8 Å². The summed E-state index contributed by atoms with van der Waals surface area (Å²) in [5.74, 6) is 0. The Kier molecular flexibility index (Phi) is 4.59. The van der Waals surface area contributed by atoms with Gasteiger partial charge in [0.2, 0.25) is 0 Å². The third-order valence-corrected chi connectivity index (χ3v) is 4.68. The Bertz CT molecular complexity index is 1340. The molecule has 29 heavy (non-hydrogen) atoms. The summed E-state index contributed by atoms with van der Waals surface area (Å²) in [6.45, 7) is 0.282. The quantitative estimate of drug-likeness (QED) is 0.393. The van der Waals surface area contributed by atoms with Crippen LogP contribution in [0.2, 0.25) is 0 Å². The Morgan fingerprint density at radius 2 is 1.83 bits per heavy atom. The molecule has 0 atom stereocenters. The maximum absolute atomic E-state index is 12.7. The van der Waals surface area contributed by atoms with Crippen LogP contribution in [0.15, 0.2) is 77.9 Å². The zero-order chi connectivity index (χ0) is 20.4. The number of fused-ring (bicyclic) bond motifs is 1. The lowest BCUT2D eigenvalue weighted by Crippen LogP contribution is -2.21. The minimum atomic E-state index is -0.534. The Morgan fingerprint density at radius 1 is 1.07 bits per heavy atom. The van der Waals surface area contributed by atoms with Gasteiger partial charge in [-0.25, -0.2) is 4.98 Å². The number of benzene rings is 3. The van der Waals surface area contributed by atoms with Crippen LogP contribution in [-0.4, -0.2) is 14.5 Å². The third kappa shape index (κ3) is 3.47. The Labute approximate surface area is 165 Å². The molecule has 4 aromatic rings. The van der Waals surface area contributed by atoms with E-state index in [4.69, 9.17) is 0 Å². The van der Waals surface area contributed by atoms with Crippen molar-refractivity contribution in [2.45, 2.75) is 6.54 Å². The number of hydrogen-bond acceptors (Lipinski definition) is 5. The van der Waals surface area contributed by atoms with Gasteiger partial charge in [-0.15, -0.1) is 0 Å². The van der Waals surface area contributed by atoms with Gasteiger partial charge in [0.1, 0.15) is 0 Å². The lowest BCUT2D eigenvalue weighted by molar-refractivity contribution is -0.384. The Balaban J connectivity index is 1.67. The predicted molar refractivity (Wildman–Crippen MR) is 108 cm³/mol. The van der Waals surface area contributed by atoms with E-state index in [1.165, 1.54) is 29.1 Å². The molecule has 1 aromatic heterocycles. The average Bonchev–Trinajstić information content (AvgIpc) is 2.76. The molecule has 0 spiro atoms. The van der Waals surface area contributed by atoms with Crippen molar-refractivity contribution >= 4 is 16.6 Å². The van der Waals surface area contributed by atoms with Crippen LogP contribution in [0.1, 0.15) is 11.1 Å². The molecule has 0 aliphatic heterocycles. The van der Waals surface area contributed by atoms with Gasteiger partial charge < -0.3 is 0 Å². The van der Waals surface area contributed by atoms with Gasteiger partial charge in [0, 0.05) is 12.1 Å². The fraction of sp³-hybridized carbons (Fsp3) is 0.0455. The molecule has 0 bridgehead atoms. The van der Waals surface area contributed by atoms with E-state index in [1.807, 2.05) is 42.5 Å². The van der Waals surface area contributed by atoms with E-state index in [2.05, 4.69) is 11.1 Å². The second kappa shape index (κ2) is 7.37. The zero-order valence-corrected chi connectivity index (χ0v) is 15.1. The van der Waals surface area contributed by atoms with Crippen LogP contribution < -0.4 is 5.56 Å². The monoisotopic (exact) mass is 382 g/mol. The standard InChI is InChI=1S/C22H14N4O3/c23-12-17-3-1-2-4-19(17)16-7-5-15(6-8-16)13-25-14-24-21-10-9-18(26(28)29)11-20(21)22(25)27/h1-11,14H,13H2. The molecular weight excluding hydrogens is 368 g/mol. The molecule has 7 heteroatoms. The molecule has 0 aliphatic rings. The topological polar surface area (TPSA) is 102 Å². The first-order valence-electron chi connectivity index (χ1n) is 8.79. The summed E-state index contributed by atoms with van der Waals surface area (Å²) in [5, 5.41) is 20.5. The highest BCUT2D eigenvalue weighted by Gasteiger charge is 2.11. The number of rotatable bonds is 4. The van der Waals surface area contributed by atoms with Crippen LogP contribution in [0, 0.1) is 21.4 Å². The minimum Gasteiger partial charge on any atom is -0.294 e. The van der Waals surface area contributed by atoms with E-state index in [1.54, 1.807) is 6.07 Å². The summed E-state index contributed by atoms with van der Waals surface area (Å²) in [5.41, 5.74) is 3.16. The van der Waals surface area contributed by atoms with Crippen molar-refractivity contribution in [2.75, 3.05) is 0 Å². The summed E-state index contributed by atoms with van der Waals surface area (Å²) in [6.07, 6.45) is 1.44. The van der Waals surface area contributed by atoms with E-state index < -0.39 is 4.92 Å². The molecule has 0 N–H and O–H groups in total. The van der Waals surface area contributed by atoms with E-state index in [-0.39, 0.29) is 23.2 Å². The molecule has 0 saturated carbocycles. The molecular formula is C22H14N4O3. The summed E-state index contributed by atoms with van der Waals surface area (Å²) in [4.78, 5) is 27.4. The highest BCUT2D eigenvalue weighted by molar-refractivity contribution is 5.79. The van der Waals surface area contributed by atoms with Gasteiger partial charge in [0.25, 0.3) is 11.2 Å². The van der Waals surface area contributed by atoms with Crippen molar-refractivity contribution in [1.82, 2.24) is 9.55 Å². The minimum absolute atomic E-state index is 0.144. The highest BCUT2D eigenvalue weighted by atomic mass is 16.6. The van der Waals surface area contributed by atoms with Crippen molar-refractivity contribution in [3.05, 3.63) is 105 Å². The average molecular weight is 382 g/mol. The molecule has 4 rings (SSSR count). The van der Waals surface area contributed by atoms with Crippen molar-refractivity contribution in [2.24, 2.45) is 0 Å². The first-order valence-corrected chi connectivity index (χ1v) is 8.79. The van der Waals surface area contributed by atoms with Crippen molar-refractivity contribution in [3.8, 4) is 17.2 Å². The largest absolute Gasteiger partial charge is 0.294 e. The molecule has 0 fully saturated rings. The van der Waals surface area contributed by atoms with Crippen molar-refractivity contribution in [3.63, 3.8) is 0 Å². The van der Waals surface area contributed by atoms with E-state index in [0.29, 0.717) is 11.1 Å². The highest BCUT2D eigenvalue weighted by Crippen LogP contribution is 2.23. The number of hydrogen-bond donors (Lipinski definition) is 0. The van der Waals surface area contributed by atoms with Crippen molar-refractivity contribution < 1.29 is 4.92 Å². The third-order valence-electron chi connectivity index (χ3n) is 4.68. The molecule has 0 radical (unpaired) electrons. The Morgan fingerprint density at radius 3 is 2.55 bits per heavy atom. The molecule has 0 unspecified atom stereocenters. The summed E-state index contributed by atoms with van der Waals surface area (Å²) in [7, 11) is 0. The fourth-order valence-electron chi connectivity index (χ4n) is 3.19. The van der Waals surface area contributed by atoms with Crippen LogP contribution in [0.25, 0.3) is 22.0 Å². The first kappa shape index (κ1) is 18.1. The van der Waals surface area contributed by atoms with Gasteiger partial charge in [-0.3, -0.25) is 19.5 Å². The van der Waals surface area contributed by atoms with Gasteiger partial charge in [0.15, 0.2) is 0 Å². The normalized spacial score (nSPS) is 10.6. The Hall–Kier alpha value is -4.31. The van der Waals surface area contributed by atoms with Gasteiger partial charge in [-0.2, -0.15) is 5.26 Å². The number of aromatic nitrogens is 2. The number of non-ortho nitro benzene ring substituents is 1. The predicted octanol–water partition coefficient (Wildman–Crippen LogP) is 3.89. The van der Waals surface area contributed by atoms with Gasteiger partial charge >= 0.3 is 0 Å². The summed E-state index contributed by atoms with van der Waals surface area (Å²) >= 11 is 0. The summed E-state index contributed by atoms with van der Waals surface area (Å²) < 4.78 is 1.42.